The highest BCUT2D eigenvalue weighted by atomic mass is 35.5. The van der Waals surface area contributed by atoms with E-state index in [1.165, 1.54) is 12.3 Å². The van der Waals surface area contributed by atoms with Crippen LogP contribution in [0.3, 0.4) is 0 Å². The molecule has 5 heteroatoms. The van der Waals surface area contributed by atoms with Crippen LogP contribution in [0.1, 0.15) is 18.1 Å². The van der Waals surface area contributed by atoms with E-state index in [-0.39, 0.29) is 17.8 Å². The minimum atomic E-state index is -0.363. The molecule has 2 aromatic carbocycles. The molecule has 1 aliphatic heterocycles. The Hall–Kier alpha value is -2.43. The molecule has 0 radical (unpaired) electrons. The van der Waals surface area contributed by atoms with E-state index in [1.54, 1.807) is 6.20 Å². The van der Waals surface area contributed by atoms with Crippen LogP contribution in [0, 0.1) is 11.7 Å². The van der Waals surface area contributed by atoms with E-state index in [0.29, 0.717) is 10.8 Å². The lowest BCUT2D eigenvalue weighted by Crippen LogP contribution is -2.21. The zero-order valence-electron chi connectivity index (χ0n) is 14.7. The summed E-state index contributed by atoms with van der Waals surface area (Å²) in [6, 6.07) is 17.3. The second kappa shape index (κ2) is 8.07. The normalized spacial score (nSPS) is 17.6. The SMILES string of the molecule is Fc1cncc([C@H](Oc2ccc(-c3ccccc3)cc2Cl)[C@H]2CCNC2)c1. The van der Waals surface area contributed by atoms with Gasteiger partial charge in [-0.25, -0.2) is 4.39 Å². The predicted molar refractivity (Wildman–Crippen MR) is 105 cm³/mol. The summed E-state index contributed by atoms with van der Waals surface area (Å²) < 4.78 is 20.0. The molecule has 1 aliphatic rings. The Bertz CT molecular complexity index is 913. The first-order valence-corrected chi connectivity index (χ1v) is 9.41. The van der Waals surface area contributed by atoms with Crippen LogP contribution in [-0.2, 0) is 0 Å². The van der Waals surface area contributed by atoms with Crippen molar-refractivity contribution in [3.8, 4) is 16.9 Å². The fourth-order valence-electron chi connectivity index (χ4n) is 3.50. The van der Waals surface area contributed by atoms with Crippen molar-refractivity contribution in [1.29, 1.82) is 0 Å². The van der Waals surface area contributed by atoms with Gasteiger partial charge in [-0.05, 0) is 42.3 Å². The third kappa shape index (κ3) is 4.12. The number of hydrogen-bond acceptors (Lipinski definition) is 3. The Balaban J connectivity index is 1.63. The van der Waals surface area contributed by atoms with Crippen LogP contribution in [0.25, 0.3) is 11.1 Å². The fourth-order valence-corrected chi connectivity index (χ4v) is 3.72. The molecule has 1 fully saturated rings. The maximum atomic E-state index is 13.7. The molecule has 27 heavy (non-hydrogen) atoms. The van der Waals surface area contributed by atoms with Crippen molar-refractivity contribution in [3.63, 3.8) is 0 Å². The molecule has 2 atom stereocenters. The van der Waals surface area contributed by atoms with Gasteiger partial charge < -0.3 is 10.1 Å². The van der Waals surface area contributed by atoms with Crippen molar-refractivity contribution >= 4 is 11.6 Å². The van der Waals surface area contributed by atoms with E-state index in [0.717, 1.165) is 36.2 Å². The Labute approximate surface area is 163 Å². The monoisotopic (exact) mass is 382 g/mol. The number of nitrogens with zero attached hydrogens (tertiary/aromatic N) is 1. The van der Waals surface area contributed by atoms with Gasteiger partial charge in [0.05, 0.1) is 11.2 Å². The second-order valence-corrected chi connectivity index (χ2v) is 7.15. The molecule has 0 unspecified atom stereocenters. The first-order chi connectivity index (χ1) is 13.2. The van der Waals surface area contributed by atoms with Gasteiger partial charge in [-0.2, -0.15) is 0 Å². The smallest absolute Gasteiger partial charge is 0.141 e. The molecule has 138 valence electrons. The van der Waals surface area contributed by atoms with Gasteiger partial charge in [-0.3, -0.25) is 4.98 Å². The second-order valence-electron chi connectivity index (χ2n) is 6.74. The van der Waals surface area contributed by atoms with Crippen molar-refractivity contribution in [2.75, 3.05) is 13.1 Å². The lowest BCUT2D eigenvalue weighted by Gasteiger charge is -2.25. The summed E-state index contributed by atoms with van der Waals surface area (Å²) in [6.07, 6.45) is 3.53. The van der Waals surface area contributed by atoms with Crippen LogP contribution in [-0.4, -0.2) is 18.1 Å². The Morgan fingerprint density at radius 3 is 2.63 bits per heavy atom. The van der Waals surface area contributed by atoms with Crippen LogP contribution >= 0.6 is 11.6 Å². The quantitative estimate of drug-likeness (QED) is 0.652. The zero-order valence-corrected chi connectivity index (χ0v) is 15.5. The highest BCUT2D eigenvalue weighted by molar-refractivity contribution is 6.32. The van der Waals surface area contributed by atoms with E-state index in [9.17, 15) is 4.39 Å². The van der Waals surface area contributed by atoms with Gasteiger partial charge in [-0.1, -0.05) is 48.0 Å². The van der Waals surface area contributed by atoms with E-state index in [2.05, 4.69) is 10.3 Å². The average molecular weight is 383 g/mol. The summed E-state index contributed by atoms with van der Waals surface area (Å²) in [7, 11) is 0. The third-order valence-corrected chi connectivity index (χ3v) is 5.17. The van der Waals surface area contributed by atoms with E-state index in [4.69, 9.17) is 16.3 Å². The van der Waals surface area contributed by atoms with Crippen molar-refractivity contribution in [2.24, 2.45) is 5.92 Å². The predicted octanol–water partition coefficient (Wildman–Crippen LogP) is 5.27. The average Bonchev–Trinajstić information content (AvgIpc) is 3.22. The van der Waals surface area contributed by atoms with Gasteiger partial charge in [0.1, 0.15) is 17.7 Å². The Kier molecular flexibility index (Phi) is 5.37. The lowest BCUT2D eigenvalue weighted by molar-refractivity contribution is 0.144. The van der Waals surface area contributed by atoms with Crippen LogP contribution < -0.4 is 10.1 Å². The van der Waals surface area contributed by atoms with E-state index < -0.39 is 0 Å². The van der Waals surface area contributed by atoms with Gasteiger partial charge in [0, 0.05) is 24.2 Å². The number of pyridine rings is 1. The number of aromatic nitrogens is 1. The van der Waals surface area contributed by atoms with Crippen molar-refractivity contribution < 1.29 is 9.13 Å². The largest absolute Gasteiger partial charge is 0.484 e. The van der Waals surface area contributed by atoms with Crippen LogP contribution in [0.5, 0.6) is 5.75 Å². The number of rotatable bonds is 5. The van der Waals surface area contributed by atoms with E-state index >= 15 is 0 Å². The van der Waals surface area contributed by atoms with Gasteiger partial charge in [-0.15, -0.1) is 0 Å². The molecule has 2 heterocycles. The molecule has 0 bridgehead atoms. The number of ether oxygens (including phenoxy) is 1. The molecule has 1 saturated heterocycles. The molecule has 0 spiro atoms. The molecule has 1 N–H and O–H groups in total. The molecular formula is C22H20ClFN2O. The lowest BCUT2D eigenvalue weighted by atomic mass is 9.95. The first kappa shape index (κ1) is 18.0. The third-order valence-electron chi connectivity index (χ3n) is 4.87. The minimum absolute atomic E-state index is 0.235. The summed E-state index contributed by atoms with van der Waals surface area (Å²) in [4.78, 5) is 3.99. The standard InChI is InChI=1S/C22H20ClFN2O/c23-20-11-16(15-4-2-1-3-5-15)6-7-21(20)27-22(17-8-9-25-12-17)18-10-19(24)14-26-13-18/h1-7,10-11,13-14,17,22,25H,8-9,12H2/t17-,22+/m0/s1. The zero-order chi connectivity index (χ0) is 18.6. The highest BCUT2D eigenvalue weighted by Gasteiger charge is 2.29. The highest BCUT2D eigenvalue weighted by Crippen LogP contribution is 2.37. The number of benzene rings is 2. The first-order valence-electron chi connectivity index (χ1n) is 9.03. The Morgan fingerprint density at radius 2 is 1.93 bits per heavy atom. The van der Waals surface area contributed by atoms with Crippen LogP contribution in [0.15, 0.2) is 67.0 Å². The van der Waals surface area contributed by atoms with Crippen LogP contribution in [0.4, 0.5) is 4.39 Å². The number of halogens is 2. The molecule has 3 nitrogen and oxygen atoms in total. The van der Waals surface area contributed by atoms with Gasteiger partial charge >= 0.3 is 0 Å². The number of hydrogen-bond donors (Lipinski definition) is 1. The number of nitrogens with one attached hydrogen (secondary N) is 1. The molecule has 0 amide bonds. The maximum absolute atomic E-state index is 13.7. The van der Waals surface area contributed by atoms with Gasteiger partial charge in [0.25, 0.3) is 0 Å². The van der Waals surface area contributed by atoms with Crippen LogP contribution in [0.2, 0.25) is 5.02 Å². The van der Waals surface area contributed by atoms with Crippen molar-refractivity contribution in [1.82, 2.24) is 10.3 Å². The Morgan fingerprint density at radius 1 is 1.07 bits per heavy atom. The molecule has 0 aliphatic carbocycles. The van der Waals surface area contributed by atoms with Crippen molar-refractivity contribution in [2.45, 2.75) is 12.5 Å². The summed E-state index contributed by atoms with van der Waals surface area (Å²) in [6.45, 7) is 1.74. The molecule has 0 saturated carbocycles. The summed E-state index contributed by atoms with van der Waals surface area (Å²) in [5.41, 5.74) is 2.85. The van der Waals surface area contributed by atoms with E-state index in [1.807, 2.05) is 48.5 Å². The molecule has 1 aromatic heterocycles. The van der Waals surface area contributed by atoms with Gasteiger partial charge in [0.2, 0.25) is 0 Å². The minimum Gasteiger partial charge on any atom is -0.484 e. The molecule has 4 rings (SSSR count). The molecule has 3 aromatic rings. The fraction of sp³-hybridized carbons (Fsp3) is 0.227. The summed E-state index contributed by atoms with van der Waals surface area (Å²) >= 11 is 6.52. The topological polar surface area (TPSA) is 34.1 Å². The summed E-state index contributed by atoms with van der Waals surface area (Å²) in [5, 5.41) is 3.88. The molecular weight excluding hydrogens is 363 g/mol. The summed E-state index contributed by atoms with van der Waals surface area (Å²) in [5.74, 6) is 0.466. The van der Waals surface area contributed by atoms with Gasteiger partial charge in [0.15, 0.2) is 0 Å². The maximum Gasteiger partial charge on any atom is 0.141 e. The van der Waals surface area contributed by atoms with Crippen molar-refractivity contribution in [3.05, 3.63) is 83.4 Å².